The number of hydrogen-bond donors (Lipinski definition) is 2. The third kappa shape index (κ3) is 2.35. The van der Waals surface area contributed by atoms with E-state index in [4.69, 9.17) is 28.9 Å². The molecule has 3 nitrogen and oxygen atoms in total. The zero-order chi connectivity index (χ0) is 13.6. The molecular weight excluding hydrogens is 281 g/mol. The van der Waals surface area contributed by atoms with Crippen molar-refractivity contribution in [2.75, 3.05) is 0 Å². The first-order chi connectivity index (χ1) is 8.98. The number of hydrogen-bond acceptors (Lipinski definition) is 2. The van der Waals surface area contributed by atoms with E-state index in [1.54, 1.807) is 6.07 Å². The molecule has 19 heavy (non-hydrogen) atoms. The third-order valence-electron chi connectivity index (χ3n) is 4.03. The first-order valence-electron chi connectivity index (χ1n) is 6.62. The topological polar surface area (TPSA) is 54.7 Å². The summed E-state index contributed by atoms with van der Waals surface area (Å²) in [7, 11) is 0. The summed E-state index contributed by atoms with van der Waals surface area (Å²) in [4.78, 5) is 7.94. The first-order valence-corrected chi connectivity index (χ1v) is 7.38. The van der Waals surface area contributed by atoms with Crippen LogP contribution in [0, 0.1) is 5.92 Å². The standard InChI is InChI=1S/C14H17Cl2N3/c1-8-3-2-4-14(17,7-8)13-18-11-5-9(15)10(16)6-12(11)19-13/h5-6,8H,2-4,7,17H2,1H3,(H,18,19). The SMILES string of the molecule is CC1CCCC(N)(c2nc3cc(Cl)c(Cl)cc3[nH]2)C1. The molecule has 1 aromatic heterocycles. The maximum atomic E-state index is 6.55. The van der Waals surface area contributed by atoms with E-state index in [9.17, 15) is 0 Å². The Balaban J connectivity index is 2.05. The van der Waals surface area contributed by atoms with E-state index >= 15 is 0 Å². The molecule has 1 heterocycles. The van der Waals surface area contributed by atoms with Crippen molar-refractivity contribution >= 4 is 34.2 Å². The summed E-state index contributed by atoms with van der Waals surface area (Å²) in [5.74, 6) is 1.49. The number of imidazole rings is 1. The Morgan fingerprint density at radius 3 is 2.84 bits per heavy atom. The second kappa shape index (κ2) is 4.65. The molecular formula is C14H17Cl2N3. The van der Waals surface area contributed by atoms with Gasteiger partial charge in [-0.2, -0.15) is 0 Å². The van der Waals surface area contributed by atoms with Crippen molar-refractivity contribution in [3.05, 3.63) is 28.0 Å². The van der Waals surface area contributed by atoms with Crippen molar-refractivity contribution in [2.24, 2.45) is 11.7 Å². The minimum Gasteiger partial charge on any atom is -0.340 e. The van der Waals surface area contributed by atoms with E-state index in [0.29, 0.717) is 16.0 Å². The molecule has 0 saturated heterocycles. The van der Waals surface area contributed by atoms with E-state index < -0.39 is 0 Å². The molecule has 0 aliphatic heterocycles. The highest BCUT2D eigenvalue weighted by Gasteiger charge is 2.35. The number of fused-ring (bicyclic) bond motifs is 1. The molecule has 1 saturated carbocycles. The number of rotatable bonds is 1. The molecule has 102 valence electrons. The van der Waals surface area contributed by atoms with Gasteiger partial charge < -0.3 is 10.7 Å². The Morgan fingerprint density at radius 1 is 1.37 bits per heavy atom. The van der Waals surface area contributed by atoms with Crippen LogP contribution in [-0.2, 0) is 5.54 Å². The summed E-state index contributed by atoms with van der Waals surface area (Å²) in [5.41, 5.74) is 7.92. The molecule has 0 radical (unpaired) electrons. The van der Waals surface area contributed by atoms with Crippen LogP contribution in [0.5, 0.6) is 0 Å². The molecule has 1 fully saturated rings. The Hall–Kier alpha value is -0.770. The van der Waals surface area contributed by atoms with Gasteiger partial charge in [0.25, 0.3) is 0 Å². The fourth-order valence-corrected chi connectivity index (χ4v) is 3.37. The fraction of sp³-hybridized carbons (Fsp3) is 0.500. The maximum absolute atomic E-state index is 6.55. The molecule has 0 bridgehead atoms. The third-order valence-corrected chi connectivity index (χ3v) is 4.75. The molecule has 5 heteroatoms. The van der Waals surface area contributed by atoms with Gasteiger partial charge in [0.05, 0.1) is 26.6 Å². The highest BCUT2D eigenvalue weighted by Crippen LogP contribution is 2.37. The molecule has 0 spiro atoms. The molecule has 3 N–H and O–H groups in total. The van der Waals surface area contributed by atoms with Gasteiger partial charge in [0.1, 0.15) is 5.82 Å². The predicted octanol–water partition coefficient (Wildman–Crippen LogP) is 4.23. The molecule has 2 unspecified atom stereocenters. The van der Waals surface area contributed by atoms with Gasteiger partial charge in [0.15, 0.2) is 0 Å². The maximum Gasteiger partial charge on any atom is 0.127 e. The van der Waals surface area contributed by atoms with Crippen LogP contribution in [0.25, 0.3) is 11.0 Å². The average molecular weight is 298 g/mol. The predicted molar refractivity (Wildman–Crippen MR) is 79.6 cm³/mol. The van der Waals surface area contributed by atoms with Crippen molar-refractivity contribution < 1.29 is 0 Å². The highest BCUT2D eigenvalue weighted by molar-refractivity contribution is 6.42. The number of halogens is 2. The van der Waals surface area contributed by atoms with Crippen LogP contribution in [0.15, 0.2) is 12.1 Å². The molecule has 2 aromatic rings. The van der Waals surface area contributed by atoms with Crippen molar-refractivity contribution in [3.8, 4) is 0 Å². The monoisotopic (exact) mass is 297 g/mol. The van der Waals surface area contributed by atoms with Gasteiger partial charge in [0.2, 0.25) is 0 Å². The Labute approximate surface area is 122 Å². The van der Waals surface area contributed by atoms with Gasteiger partial charge in [-0.05, 0) is 30.9 Å². The van der Waals surface area contributed by atoms with Gasteiger partial charge in [0, 0.05) is 0 Å². The summed E-state index contributed by atoms with van der Waals surface area (Å²) in [6, 6.07) is 3.60. The molecule has 1 aliphatic carbocycles. The van der Waals surface area contributed by atoms with Crippen LogP contribution in [0.2, 0.25) is 10.0 Å². The molecule has 2 atom stereocenters. The van der Waals surface area contributed by atoms with Crippen molar-refractivity contribution in [3.63, 3.8) is 0 Å². The summed E-state index contributed by atoms with van der Waals surface area (Å²) in [6.07, 6.45) is 4.33. The van der Waals surface area contributed by atoms with Gasteiger partial charge in [-0.25, -0.2) is 4.98 Å². The minimum atomic E-state index is -0.352. The van der Waals surface area contributed by atoms with Gasteiger partial charge >= 0.3 is 0 Å². The van der Waals surface area contributed by atoms with Crippen molar-refractivity contribution in [2.45, 2.75) is 38.1 Å². The van der Waals surface area contributed by atoms with Crippen LogP contribution in [0.1, 0.15) is 38.4 Å². The zero-order valence-corrected chi connectivity index (χ0v) is 12.4. The van der Waals surface area contributed by atoms with Crippen molar-refractivity contribution in [1.29, 1.82) is 0 Å². The smallest absolute Gasteiger partial charge is 0.127 e. The lowest BCUT2D eigenvalue weighted by molar-refractivity contribution is 0.230. The second-order valence-electron chi connectivity index (χ2n) is 5.73. The van der Waals surface area contributed by atoms with E-state index in [1.165, 1.54) is 6.42 Å². The Kier molecular flexibility index (Phi) is 3.24. The number of benzene rings is 1. The van der Waals surface area contributed by atoms with E-state index in [0.717, 1.165) is 36.1 Å². The molecule has 1 aliphatic rings. The van der Waals surface area contributed by atoms with Crippen LogP contribution < -0.4 is 5.73 Å². The highest BCUT2D eigenvalue weighted by atomic mass is 35.5. The van der Waals surface area contributed by atoms with Crippen molar-refractivity contribution in [1.82, 2.24) is 9.97 Å². The average Bonchev–Trinajstić information content (AvgIpc) is 2.73. The summed E-state index contributed by atoms with van der Waals surface area (Å²) >= 11 is 12.1. The summed E-state index contributed by atoms with van der Waals surface area (Å²) < 4.78 is 0. The van der Waals surface area contributed by atoms with E-state index in [1.807, 2.05) is 6.07 Å². The van der Waals surface area contributed by atoms with Gasteiger partial charge in [-0.15, -0.1) is 0 Å². The Bertz CT molecular complexity index is 583. The molecule has 1 aromatic carbocycles. The van der Waals surface area contributed by atoms with Crippen LogP contribution in [0.3, 0.4) is 0 Å². The lowest BCUT2D eigenvalue weighted by atomic mass is 9.76. The molecule has 0 amide bonds. The van der Waals surface area contributed by atoms with Gasteiger partial charge in [-0.1, -0.05) is 43.0 Å². The number of aromatic nitrogens is 2. The van der Waals surface area contributed by atoms with E-state index in [-0.39, 0.29) is 5.54 Å². The Morgan fingerprint density at radius 2 is 2.11 bits per heavy atom. The number of nitrogens with zero attached hydrogens (tertiary/aromatic N) is 1. The first kappa shape index (κ1) is 13.2. The largest absolute Gasteiger partial charge is 0.340 e. The number of aromatic amines is 1. The van der Waals surface area contributed by atoms with Crippen LogP contribution in [0.4, 0.5) is 0 Å². The van der Waals surface area contributed by atoms with E-state index in [2.05, 4.69) is 16.9 Å². The molecule has 3 rings (SSSR count). The quantitative estimate of drug-likeness (QED) is 0.827. The number of nitrogens with one attached hydrogen (secondary N) is 1. The number of nitrogens with two attached hydrogens (primary N) is 1. The van der Waals surface area contributed by atoms with Crippen LogP contribution in [-0.4, -0.2) is 9.97 Å². The second-order valence-corrected chi connectivity index (χ2v) is 6.54. The normalized spacial score (nSPS) is 27.9. The lowest BCUT2D eigenvalue weighted by Crippen LogP contribution is -2.42. The van der Waals surface area contributed by atoms with Crippen LogP contribution >= 0.6 is 23.2 Å². The fourth-order valence-electron chi connectivity index (χ4n) is 3.05. The minimum absolute atomic E-state index is 0.352. The number of H-pyrrole nitrogens is 1. The zero-order valence-electron chi connectivity index (χ0n) is 10.8. The lowest BCUT2D eigenvalue weighted by Gasteiger charge is -2.35. The summed E-state index contributed by atoms with van der Waals surface area (Å²) in [5, 5.41) is 1.06. The summed E-state index contributed by atoms with van der Waals surface area (Å²) in [6.45, 7) is 2.25. The van der Waals surface area contributed by atoms with Gasteiger partial charge in [-0.3, -0.25) is 0 Å².